The maximum atomic E-state index is 13.1. The molecule has 0 radical (unpaired) electrons. The monoisotopic (exact) mass is 874 g/mol. The average Bonchev–Trinajstić information content (AvgIpc) is 3.91. The Balaban J connectivity index is 0.000000235. The molecule has 0 fully saturated rings. The number of carboxylic acids is 1. The van der Waals surface area contributed by atoms with Crippen molar-refractivity contribution in [2.45, 2.75) is 19.8 Å². The van der Waals surface area contributed by atoms with E-state index in [2.05, 4.69) is 0 Å². The third-order valence-corrected chi connectivity index (χ3v) is 11.9. The zero-order valence-corrected chi connectivity index (χ0v) is 36.5. The Kier molecular flexibility index (Phi) is 16.4. The van der Waals surface area contributed by atoms with Crippen LogP contribution in [0.4, 0.5) is 0 Å². The molecule has 2 amide bonds. The van der Waals surface area contributed by atoms with Crippen LogP contribution in [0.1, 0.15) is 48.5 Å². The Labute approximate surface area is 367 Å². The van der Waals surface area contributed by atoms with Crippen molar-refractivity contribution in [1.82, 2.24) is 9.80 Å². The van der Waals surface area contributed by atoms with Gasteiger partial charge in [-0.1, -0.05) is 60.7 Å². The van der Waals surface area contributed by atoms with E-state index in [1.807, 2.05) is 60.7 Å². The summed E-state index contributed by atoms with van der Waals surface area (Å²) < 4.78 is 15.2. The van der Waals surface area contributed by atoms with E-state index in [-0.39, 0.29) is 55.9 Å². The zero-order valence-electron chi connectivity index (χ0n) is 34.9. The number of ketones is 2. The Hall–Kier alpha value is -6.90. The molecule has 4 aromatic carbocycles. The van der Waals surface area contributed by atoms with E-state index in [0.29, 0.717) is 37.9 Å². The summed E-state index contributed by atoms with van der Waals surface area (Å²) in [5.74, 6) is -0.996. The topological polar surface area (TPSA) is 157 Å². The first-order chi connectivity index (χ1) is 29.8. The smallest absolute Gasteiger partial charge is 0.325 e. The molecule has 0 atom stereocenters. The molecule has 0 saturated heterocycles. The molecule has 0 bridgehead atoms. The first-order valence-electron chi connectivity index (χ1n) is 19.4. The van der Waals surface area contributed by atoms with Crippen molar-refractivity contribution in [3.63, 3.8) is 0 Å². The van der Waals surface area contributed by atoms with E-state index >= 15 is 0 Å². The summed E-state index contributed by atoms with van der Waals surface area (Å²) in [5.41, 5.74) is 4.35. The molecule has 2 aromatic heterocycles. The minimum atomic E-state index is -1.07. The van der Waals surface area contributed by atoms with Gasteiger partial charge in [-0.05, 0) is 89.8 Å². The van der Waals surface area contributed by atoms with Crippen LogP contribution < -0.4 is 9.47 Å². The Morgan fingerprint density at radius 3 is 1.31 bits per heavy atom. The minimum absolute atomic E-state index is 0.0143. The third-order valence-electron chi connectivity index (χ3n) is 9.42. The lowest BCUT2D eigenvalue weighted by Crippen LogP contribution is -2.34. The lowest BCUT2D eigenvalue weighted by Gasteiger charge is -2.16. The zero-order chi connectivity index (χ0) is 44.8. The molecule has 0 aliphatic rings. The lowest BCUT2D eigenvalue weighted by atomic mass is 10.0. The molecule has 6 aromatic rings. The summed E-state index contributed by atoms with van der Waals surface area (Å²) in [6.07, 6.45) is 0.0902. The number of ether oxygens (including phenoxy) is 3. The van der Waals surface area contributed by atoms with Crippen LogP contribution in [-0.2, 0) is 36.8 Å². The van der Waals surface area contributed by atoms with Gasteiger partial charge >= 0.3 is 11.9 Å². The van der Waals surface area contributed by atoms with E-state index in [0.717, 1.165) is 26.4 Å². The van der Waals surface area contributed by atoms with Crippen molar-refractivity contribution in [3.8, 4) is 32.4 Å². The number of nitrogens with zero attached hydrogens (tertiary/aromatic N) is 2. The lowest BCUT2D eigenvalue weighted by molar-refractivity contribution is -0.147. The van der Waals surface area contributed by atoms with Crippen molar-refractivity contribution in [2.24, 2.45) is 0 Å². The van der Waals surface area contributed by atoms with Crippen LogP contribution in [0.3, 0.4) is 0 Å². The van der Waals surface area contributed by atoms with Crippen LogP contribution in [0.2, 0.25) is 0 Å². The minimum Gasteiger partial charge on any atom is -0.497 e. The molecule has 2 heterocycles. The standard InChI is InChI=1S/C25H25NO5S.C23H21NO5S/c1-4-31-23(28)16-26(2)22(27)15-19-14-21(32-25(19)18-8-6-5-7-9-18)24(29)17-10-12-20(30-3)13-11-17;1-24(14-21(26)27)20(25)13-17-12-19(30-23(17)16-6-4-3-5-7-16)22(28)15-8-10-18(29-2)11-9-15/h5-14H,4,15-16H2,1-3H3;3-12H,13-14H2,1-2H3,(H,26,27). The van der Waals surface area contributed by atoms with Gasteiger partial charge in [0.25, 0.3) is 0 Å². The van der Waals surface area contributed by atoms with E-state index in [9.17, 15) is 28.8 Å². The van der Waals surface area contributed by atoms with Gasteiger partial charge in [0.2, 0.25) is 23.4 Å². The molecule has 12 nitrogen and oxygen atoms in total. The summed E-state index contributed by atoms with van der Waals surface area (Å²) >= 11 is 2.68. The first kappa shape index (κ1) is 46.2. The van der Waals surface area contributed by atoms with Gasteiger partial charge in [-0.2, -0.15) is 0 Å². The number of rotatable bonds is 17. The maximum absolute atomic E-state index is 13.1. The molecular weight excluding hydrogens is 829 g/mol. The van der Waals surface area contributed by atoms with Gasteiger partial charge in [0.15, 0.2) is 0 Å². The van der Waals surface area contributed by atoms with Crippen LogP contribution in [-0.4, -0.2) is 98.2 Å². The van der Waals surface area contributed by atoms with Crippen molar-refractivity contribution in [3.05, 3.63) is 153 Å². The summed E-state index contributed by atoms with van der Waals surface area (Å²) in [7, 11) is 6.16. The number of amides is 2. The van der Waals surface area contributed by atoms with Crippen molar-refractivity contribution >= 4 is 58.0 Å². The van der Waals surface area contributed by atoms with Crippen LogP contribution >= 0.6 is 22.7 Å². The van der Waals surface area contributed by atoms with Gasteiger partial charge in [0.05, 0.1) is 43.4 Å². The van der Waals surface area contributed by atoms with Crippen LogP contribution in [0.5, 0.6) is 11.5 Å². The number of hydrogen-bond acceptors (Lipinski definition) is 11. The summed E-state index contributed by atoms with van der Waals surface area (Å²) in [6.45, 7) is 1.50. The third kappa shape index (κ3) is 12.3. The molecule has 6 rings (SSSR count). The Morgan fingerprint density at radius 1 is 0.565 bits per heavy atom. The molecule has 14 heteroatoms. The van der Waals surface area contributed by atoms with Crippen molar-refractivity contribution in [2.75, 3.05) is 48.0 Å². The van der Waals surface area contributed by atoms with Gasteiger partial charge in [-0.3, -0.25) is 28.8 Å². The normalized spacial score (nSPS) is 10.5. The highest BCUT2D eigenvalue weighted by atomic mass is 32.1. The van der Waals surface area contributed by atoms with Crippen LogP contribution in [0.25, 0.3) is 20.9 Å². The number of thiophene rings is 2. The van der Waals surface area contributed by atoms with E-state index in [1.54, 1.807) is 88.9 Å². The molecule has 0 aliphatic heterocycles. The largest absolute Gasteiger partial charge is 0.497 e. The Morgan fingerprint density at radius 2 is 0.952 bits per heavy atom. The highest BCUT2D eigenvalue weighted by Crippen LogP contribution is 2.36. The average molecular weight is 875 g/mol. The van der Waals surface area contributed by atoms with Crippen molar-refractivity contribution < 1.29 is 48.1 Å². The van der Waals surface area contributed by atoms with Gasteiger partial charge in [-0.15, -0.1) is 22.7 Å². The number of carbonyl (C=O) groups is 6. The Bertz CT molecular complexity index is 2500. The number of esters is 1. The van der Waals surface area contributed by atoms with Gasteiger partial charge < -0.3 is 29.1 Å². The number of aliphatic carboxylic acids is 1. The summed E-state index contributed by atoms with van der Waals surface area (Å²) in [5, 5.41) is 8.93. The van der Waals surface area contributed by atoms with Gasteiger partial charge in [0, 0.05) is 35.0 Å². The quantitative estimate of drug-likeness (QED) is 0.0705. The van der Waals surface area contributed by atoms with E-state index in [4.69, 9.17) is 19.3 Å². The van der Waals surface area contributed by atoms with Gasteiger partial charge in [-0.25, -0.2) is 0 Å². The van der Waals surface area contributed by atoms with Crippen LogP contribution in [0, 0.1) is 0 Å². The fourth-order valence-corrected chi connectivity index (χ4v) is 8.45. The predicted molar refractivity (Wildman–Crippen MR) is 239 cm³/mol. The molecule has 0 aliphatic carbocycles. The van der Waals surface area contributed by atoms with E-state index < -0.39 is 11.9 Å². The highest BCUT2D eigenvalue weighted by Gasteiger charge is 2.23. The number of benzene rings is 4. The van der Waals surface area contributed by atoms with Gasteiger partial charge in [0.1, 0.15) is 24.6 Å². The fourth-order valence-electron chi connectivity index (χ4n) is 6.16. The first-order valence-corrected chi connectivity index (χ1v) is 21.0. The number of hydrogen-bond donors (Lipinski definition) is 1. The molecule has 1 N–H and O–H groups in total. The second kappa shape index (κ2) is 22.1. The number of carboxylic acid groups (broad SMARTS) is 1. The van der Waals surface area contributed by atoms with Crippen LogP contribution in [0.15, 0.2) is 121 Å². The molecule has 0 unspecified atom stereocenters. The second-order valence-corrected chi connectivity index (χ2v) is 15.9. The molecule has 0 saturated carbocycles. The molecule has 62 heavy (non-hydrogen) atoms. The predicted octanol–water partition coefficient (Wildman–Crippen LogP) is 7.96. The summed E-state index contributed by atoms with van der Waals surface area (Å²) in [4.78, 5) is 79.3. The highest BCUT2D eigenvalue weighted by molar-refractivity contribution is 7.18. The number of methoxy groups -OCH3 is 2. The summed E-state index contributed by atoms with van der Waals surface area (Å²) in [6, 6.07) is 36.5. The van der Waals surface area contributed by atoms with E-state index in [1.165, 1.54) is 39.5 Å². The molecular formula is C48H46N2O10S2. The molecule has 0 spiro atoms. The number of likely N-dealkylation sites (N-methyl/N-ethyl adjacent to an activating group) is 2. The SMILES string of the molecule is CCOC(=O)CN(C)C(=O)Cc1cc(C(=O)c2ccc(OC)cc2)sc1-c1ccccc1.COc1ccc(C(=O)c2cc(CC(=O)N(C)CC(=O)O)c(-c3ccccc3)s2)cc1. The fraction of sp³-hybridized carbons (Fsp3) is 0.208. The number of carbonyl (C=O) groups excluding carboxylic acids is 5. The second-order valence-electron chi connectivity index (χ2n) is 13.8. The molecule has 320 valence electrons. The maximum Gasteiger partial charge on any atom is 0.325 e. The van der Waals surface area contributed by atoms with Crippen molar-refractivity contribution in [1.29, 1.82) is 0 Å².